The number of aromatic nitrogens is 1. The molecule has 3 nitrogen and oxygen atoms in total. The zero-order valence-electron chi connectivity index (χ0n) is 6.74. The fraction of sp³-hybridized carbons (Fsp3) is 0.250. The Hall–Kier alpha value is -0.870. The van der Waals surface area contributed by atoms with Gasteiger partial charge in [-0.2, -0.15) is 0 Å². The van der Waals surface area contributed by atoms with E-state index < -0.39 is 0 Å². The summed E-state index contributed by atoms with van der Waals surface area (Å²) in [4.78, 5) is 4.09. The second kappa shape index (κ2) is 4.23. The highest BCUT2D eigenvalue weighted by Crippen LogP contribution is 2.09. The fourth-order valence-electron chi connectivity index (χ4n) is 0.865. The molecule has 0 unspecified atom stereocenters. The van der Waals surface area contributed by atoms with Crippen LogP contribution in [-0.2, 0) is 6.42 Å². The smallest absolute Gasteiger partial charge is 0.122 e. The van der Waals surface area contributed by atoms with Crippen LogP contribution in [0.2, 0.25) is 0 Å². The fourth-order valence-corrected chi connectivity index (χ4v) is 1.10. The average molecular weight is 182 g/mol. The minimum Gasteiger partial charge on any atom is -0.324 e. The number of pyridine rings is 1. The van der Waals surface area contributed by atoms with E-state index in [2.05, 4.69) is 4.98 Å². The van der Waals surface area contributed by atoms with E-state index in [1.165, 1.54) is 0 Å². The third-order valence-corrected chi connectivity index (χ3v) is 1.95. The van der Waals surface area contributed by atoms with E-state index in [-0.39, 0.29) is 5.04 Å². The van der Waals surface area contributed by atoms with Crippen LogP contribution in [0.4, 0.5) is 0 Å². The number of nitrogens with zero attached hydrogens (tertiary/aromatic N) is 1. The van der Waals surface area contributed by atoms with Gasteiger partial charge in [0.1, 0.15) is 5.04 Å². The van der Waals surface area contributed by atoms with Crippen molar-refractivity contribution in [3.63, 3.8) is 0 Å². The first-order valence-corrected chi connectivity index (χ1v) is 4.40. The van der Waals surface area contributed by atoms with Crippen LogP contribution in [0.15, 0.2) is 18.3 Å². The molecule has 0 saturated heterocycles. The van der Waals surface area contributed by atoms with Crippen molar-refractivity contribution in [2.45, 2.75) is 13.3 Å². The Morgan fingerprint density at radius 1 is 1.75 bits per heavy atom. The largest absolute Gasteiger partial charge is 0.324 e. The summed E-state index contributed by atoms with van der Waals surface area (Å²) in [6.07, 6.45) is 2.50. The topological polar surface area (TPSA) is 57.0 Å². The van der Waals surface area contributed by atoms with Crippen LogP contribution < -0.4 is 0 Å². The van der Waals surface area contributed by atoms with Crippen LogP contribution in [-0.4, -0.2) is 14.6 Å². The first-order chi connectivity index (χ1) is 5.77. The lowest BCUT2D eigenvalue weighted by Gasteiger charge is -2.00. The molecular formula is C8H10N2OS. The quantitative estimate of drug-likeness (QED) is 0.418. The van der Waals surface area contributed by atoms with Gasteiger partial charge in [0, 0.05) is 29.5 Å². The van der Waals surface area contributed by atoms with Crippen molar-refractivity contribution >= 4 is 17.1 Å². The SMILES string of the molecule is CCc1cc(C(=N)SO)ccn1. The van der Waals surface area contributed by atoms with Crippen molar-refractivity contribution in [2.24, 2.45) is 0 Å². The summed E-state index contributed by atoms with van der Waals surface area (Å²) in [7, 11) is 0. The number of aryl methyl sites for hydroxylation is 1. The summed E-state index contributed by atoms with van der Waals surface area (Å²) >= 11 is 0.453. The van der Waals surface area contributed by atoms with Crippen molar-refractivity contribution in [1.29, 1.82) is 5.41 Å². The van der Waals surface area contributed by atoms with E-state index in [1.807, 2.05) is 13.0 Å². The summed E-state index contributed by atoms with van der Waals surface area (Å²) < 4.78 is 8.62. The number of rotatable bonds is 2. The van der Waals surface area contributed by atoms with Crippen LogP contribution in [0.3, 0.4) is 0 Å². The van der Waals surface area contributed by atoms with Crippen molar-refractivity contribution < 1.29 is 4.55 Å². The number of hydrogen-bond acceptors (Lipinski definition) is 4. The summed E-state index contributed by atoms with van der Waals surface area (Å²) in [5.41, 5.74) is 1.65. The van der Waals surface area contributed by atoms with Gasteiger partial charge in [0.05, 0.1) is 0 Å². The van der Waals surface area contributed by atoms with E-state index in [0.717, 1.165) is 12.1 Å². The van der Waals surface area contributed by atoms with Crippen molar-refractivity contribution in [1.82, 2.24) is 4.98 Å². The van der Waals surface area contributed by atoms with Gasteiger partial charge in [-0.1, -0.05) is 6.92 Å². The molecule has 0 radical (unpaired) electrons. The lowest BCUT2D eigenvalue weighted by Crippen LogP contribution is -1.95. The van der Waals surface area contributed by atoms with Gasteiger partial charge in [-0.05, 0) is 18.6 Å². The lowest BCUT2D eigenvalue weighted by molar-refractivity contribution is 0.673. The molecule has 0 aromatic carbocycles. The Labute approximate surface area is 75.6 Å². The molecule has 4 heteroatoms. The first kappa shape index (κ1) is 9.22. The maximum absolute atomic E-state index is 8.62. The molecule has 2 N–H and O–H groups in total. The second-order valence-electron chi connectivity index (χ2n) is 2.31. The highest BCUT2D eigenvalue weighted by atomic mass is 32.2. The molecule has 0 aliphatic carbocycles. The molecule has 1 heterocycles. The monoisotopic (exact) mass is 182 g/mol. The Balaban J connectivity index is 2.93. The normalized spacial score (nSPS) is 9.83. The molecule has 0 aliphatic heterocycles. The molecule has 12 heavy (non-hydrogen) atoms. The zero-order chi connectivity index (χ0) is 8.97. The molecule has 0 atom stereocenters. The van der Waals surface area contributed by atoms with Crippen LogP contribution >= 0.6 is 12.0 Å². The van der Waals surface area contributed by atoms with E-state index >= 15 is 0 Å². The van der Waals surface area contributed by atoms with E-state index in [1.54, 1.807) is 12.3 Å². The standard InChI is InChI=1S/C8H10N2OS/c1-2-7-5-6(3-4-10-7)8(9)12-11/h3-5,9,11H,2H2,1H3. The minimum atomic E-state index is 0.159. The molecule has 0 spiro atoms. The summed E-state index contributed by atoms with van der Waals surface area (Å²) in [6.45, 7) is 2.00. The summed E-state index contributed by atoms with van der Waals surface area (Å²) in [5, 5.41) is 7.49. The minimum absolute atomic E-state index is 0.159. The van der Waals surface area contributed by atoms with Crippen LogP contribution in [0, 0.1) is 5.41 Å². The van der Waals surface area contributed by atoms with Crippen LogP contribution in [0.25, 0.3) is 0 Å². The van der Waals surface area contributed by atoms with Gasteiger partial charge >= 0.3 is 0 Å². The van der Waals surface area contributed by atoms with Gasteiger partial charge in [0.25, 0.3) is 0 Å². The van der Waals surface area contributed by atoms with Gasteiger partial charge in [0.2, 0.25) is 0 Å². The van der Waals surface area contributed by atoms with Gasteiger partial charge < -0.3 is 4.55 Å². The van der Waals surface area contributed by atoms with E-state index in [4.69, 9.17) is 9.96 Å². The average Bonchev–Trinajstić information content (AvgIpc) is 2.17. The van der Waals surface area contributed by atoms with Crippen LogP contribution in [0.1, 0.15) is 18.2 Å². The highest BCUT2D eigenvalue weighted by Gasteiger charge is 2.01. The summed E-state index contributed by atoms with van der Waals surface area (Å²) in [5.74, 6) is 0. The van der Waals surface area contributed by atoms with Crippen molar-refractivity contribution in [3.8, 4) is 0 Å². The lowest BCUT2D eigenvalue weighted by atomic mass is 10.2. The first-order valence-electron chi connectivity index (χ1n) is 3.63. The van der Waals surface area contributed by atoms with Gasteiger partial charge in [-0.15, -0.1) is 0 Å². The molecule has 1 aromatic heterocycles. The van der Waals surface area contributed by atoms with Gasteiger partial charge in [-0.3, -0.25) is 10.4 Å². The van der Waals surface area contributed by atoms with Crippen molar-refractivity contribution in [2.75, 3.05) is 0 Å². The molecule has 64 valence electrons. The predicted octanol–water partition coefficient (Wildman–Crippen LogP) is 2.18. The molecule has 0 amide bonds. The Morgan fingerprint density at radius 2 is 2.50 bits per heavy atom. The molecular weight excluding hydrogens is 172 g/mol. The molecule has 0 fully saturated rings. The maximum atomic E-state index is 8.62. The zero-order valence-corrected chi connectivity index (χ0v) is 7.56. The predicted molar refractivity (Wildman–Crippen MR) is 50.7 cm³/mol. The van der Waals surface area contributed by atoms with E-state index in [9.17, 15) is 0 Å². The molecule has 1 rings (SSSR count). The third-order valence-electron chi connectivity index (χ3n) is 1.53. The molecule has 1 aromatic rings. The Kier molecular flexibility index (Phi) is 3.25. The Morgan fingerprint density at radius 3 is 3.08 bits per heavy atom. The van der Waals surface area contributed by atoms with E-state index in [0.29, 0.717) is 17.6 Å². The highest BCUT2D eigenvalue weighted by molar-refractivity contribution is 8.09. The van der Waals surface area contributed by atoms with Crippen LogP contribution in [0.5, 0.6) is 0 Å². The molecule has 0 saturated carbocycles. The van der Waals surface area contributed by atoms with Gasteiger partial charge in [0.15, 0.2) is 0 Å². The van der Waals surface area contributed by atoms with Crippen molar-refractivity contribution in [3.05, 3.63) is 29.6 Å². The summed E-state index contributed by atoms with van der Waals surface area (Å²) in [6, 6.07) is 3.52. The maximum Gasteiger partial charge on any atom is 0.122 e. The number of hydrogen-bond donors (Lipinski definition) is 2. The Bertz CT molecular complexity index is 288. The molecule has 0 bridgehead atoms. The molecule has 0 aliphatic rings. The third kappa shape index (κ3) is 2.06. The van der Waals surface area contributed by atoms with Gasteiger partial charge in [-0.25, -0.2) is 0 Å². The number of nitrogens with one attached hydrogen (secondary N) is 1. The second-order valence-corrected chi connectivity index (χ2v) is 2.90.